The van der Waals surface area contributed by atoms with Crippen molar-refractivity contribution in [1.82, 2.24) is 0 Å². The summed E-state index contributed by atoms with van der Waals surface area (Å²) in [7, 11) is 0. The summed E-state index contributed by atoms with van der Waals surface area (Å²) in [6.45, 7) is 13.5. The van der Waals surface area contributed by atoms with Gasteiger partial charge in [-0.15, -0.1) is 0 Å². The van der Waals surface area contributed by atoms with Crippen LogP contribution in [0.1, 0.15) is 183 Å². The van der Waals surface area contributed by atoms with Crippen LogP contribution in [-0.2, 0) is 15.7 Å². The van der Waals surface area contributed by atoms with E-state index in [1.54, 1.807) is 0 Å². The zero-order chi connectivity index (χ0) is 29.2. The Labute approximate surface area is 249 Å². The third-order valence-electron chi connectivity index (χ3n) is 7.75. The Hall–Kier alpha value is -0.261. The number of hydrogen-bond acceptors (Lipinski definition) is 4. The fourth-order valence-electron chi connectivity index (χ4n) is 5.21. The molecule has 5 heteroatoms. The summed E-state index contributed by atoms with van der Waals surface area (Å²) in [5, 5.41) is 0. The summed E-state index contributed by atoms with van der Waals surface area (Å²) in [4.78, 5) is 26.2. The van der Waals surface area contributed by atoms with Gasteiger partial charge in [0.15, 0.2) is 0 Å². The van der Waals surface area contributed by atoms with Gasteiger partial charge in [0.2, 0.25) is 0 Å². The SMILES string of the molecule is CCCCCCC[CH2][Sn]([CH2]CCCCCCC)([O]C(=O)CCCCCC(C)C)[O]C(=O)CCCCCC(C)C. The van der Waals surface area contributed by atoms with E-state index >= 15 is 0 Å². The van der Waals surface area contributed by atoms with Crippen LogP contribution >= 0.6 is 0 Å². The summed E-state index contributed by atoms with van der Waals surface area (Å²) < 4.78 is 14.4. The molecule has 0 bridgehead atoms. The molecule has 0 aromatic rings. The monoisotopic (exact) mass is 660 g/mol. The molecular formula is C34H68O4Sn. The van der Waals surface area contributed by atoms with E-state index in [1.807, 2.05) is 0 Å². The van der Waals surface area contributed by atoms with Gasteiger partial charge in [0, 0.05) is 0 Å². The van der Waals surface area contributed by atoms with Crippen LogP contribution in [0.4, 0.5) is 0 Å². The molecule has 0 saturated heterocycles. The first-order valence-electron chi connectivity index (χ1n) is 17.2. The van der Waals surface area contributed by atoms with Crippen molar-refractivity contribution in [2.75, 3.05) is 0 Å². The molecule has 0 N–H and O–H groups in total. The molecule has 0 saturated carbocycles. The normalized spacial score (nSPS) is 11.9. The summed E-state index contributed by atoms with van der Waals surface area (Å²) in [5.41, 5.74) is 0. The maximum atomic E-state index is 13.1. The van der Waals surface area contributed by atoms with Crippen LogP contribution < -0.4 is 0 Å². The van der Waals surface area contributed by atoms with Crippen molar-refractivity contribution in [1.29, 1.82) is 0 Å². The Kier molecular flexibility index (Phi) is 26.4. The molecule has 39 heavy (non-hydrogen) atoms. The minimum absolute atomic E-state index is 0.1000. The number of hydrogen-bond donors (Lipinski definition) is 0. The Morgan fingerprint density at radius 2 is 0.821 bits per heavy atom. The van der Waals surface area contributed by atoms with Crippen molar-refractivity contribution in [3.8, 4) is 0 Å². The average Bonchev–Trinajstić information content (AvgIpc) is 2.87. The number of rotatable bonds is 28. The van der Waals surface area contributed by atoms with Crippen LogP contribution in [0.15, 0.2) is 0 Å². The Morgan fingerprint density at radius 3 is 1.18 bits per heavy atom. The van der Waals surface area contributed by atoms with Crippen molar-refractivity contribution in [3.63, 3.8) is 0 Å². The fraction of sp³-hybridized carbons (Fsp3) is 0.941. The van der Waals surface area contributed by atoms with Gasteiger partial charge in [0.05, 0.1) is 0 Å². The van der Waals surface area contributed by atoms with Crippen LogP contribution in [0.5, 0.6) is 0 Å². The molecule has 4 nitrogen and oxygen atoms in total. The van der Waals surface area contributed by atoms with Gasteiger partial charge in [-0.3, -0.25) is 0 Å². The van der Waals surface area contributed by atoms with E-state index in [2.05, 4.69) is 41.5 Å². The van der Waals surface area contributed by atoms with Crippen molar-refractivity contribution in [2.24, 2.45) is 11.8 Å². The molecule has 0 aliphatic carbocycles. The second-order valence-electron chi connectivity index (χ2n) is 12.9. The predicted octanol–water partition coefficient (Wildman–Crippen LogP) is 11.4. The molecule has 0 spiro atoms. The first-order valence-corrected chi connectivity index (χ1v) is 23.5. The van der Waals surface area contributed by atoms with Crippen molar-refractivity contribution in [2.45, 2.75) is 192 Å². The van der Waals surface area contributed by atoms with Crippen LogP contribution in [0.25, 0.3) is 0 Å². The van der Waals surface area contributed by atoms with E-state index in [-0.39, 0.29) is 11.9 Å². The van der Waals surface area contributed by atoms with Gasteiger partial charge in [-0.25, -0.2) is 0 Å². The number of carbonyl (C=O) groups is 2. The molecule has 0 heterocycles. The predicted molar refractivity (Wildman–Crippen MR) is 170 cm³/mol. The van der Waals surface area contributed by atoms with Gasteiger partial charge in [0.1, 0.15) is 0 Å². The molecule has 0 unspecified atom stereocenters. The zero-order valence-electron chi connectivity index (χ0n) is 27.3. The molecule has 0 amide bonds. The minimum atomic E-state index is -3.88. The second-order valence-corrected chi connectivity index (χ2v) is 22.1. The van der Waals surface area contributed by atoms with Crippen LogP contribution in [0.2, 0.25) is 8.87 Å². The first kappa shape index (κ1) is 38.7. The molecule has 0 radical (unpaired) electrons. The van der Waals surface area contributed by atoms with E-state index in [9.17, 15) is 9.59 Å². The molecule has 0 fully saturated rings. The van der Waals surface area contributed by atoms with Crippen molar-refractivity contribution >= 4 is 31.1 Å². The second kappa shape index (κ2) is 26.6. The third-order valence-corrected chi connectivity index (χ3v) is 17.5. The van der Waals surface area contributed by atoms with Crippen LogP contribution in [0, 0.1) is 11.8 Å². The molecule has 232 valence electrons. The summed E-state index contributed by atoms with van der Waals surface area (Å²) in [5.74, 6) is 1.22. The van der Waals surface area contributed by atoms with E-state index in [1.165, 1.54) is 77.0 Å². The standard InChI is InChI=1S/2C9H18O2.2C8H17.Sn/c2*1-8(2)6-4-3-5-7-9(10)11;2*1-3-5-7-8-6-4-2;/h2*8H,3-7H2,1-2H3,(H,10,11);2*1,3-8H2,2H3;/q;;;;+2/p-2. The van der Waals surface area contributed by atoms with Crippen molar-refractivity contribution < 1.29 is 15.7 Å². The molecule has 0 aliphatic heterocycles. The van der Waals surface area contributed by atoms with Crippen molar-refractivity contribution in [3.05, 3.63) is 0 Å². The molecule has 0 aromatic carbocycles. The van der Waals surface area contributed by atoms with Gasteiger partial charge in [-0.05, 0) is 0 Å². The van der Waals surface area contributed by atoms with Gasteiger partial charge >= 0.3 is 250 Å². The summed E-state index contributed by atoms with van der Waals surface area (Å²) in [6, 6.07) is 0. The van der Waals surface area contributed by atoms with E-state index in [4.69, 9.17) is 6.15 Å². The Bertz CT molecular complexity index is 526. The Balaban J connectivity index is 5.21. The van der Waals surface area contributed by atoms with Gasteiger partial charge in [0.25, 0.3) is 0 Å². The van der Waals surface area contributed by atoms with Crippen LogP contribution in [0.3, 0.4) is 0 Å². The fourth-order valence-corrected chi connectivity index (χ4v) is 14.7. The summed E-state index contributed by atoms with van der Waals surface area (Å²) in [6.07, 6.45) is 24.0. The van der Waals surface area contributed by atoms with Gasteiger partial charge in [-0.2, -0.15) is 0 Å². The number of carbonyl (C=O) groups excluding carboxylic acids is 2. The molecule has 0 rings (SSSR count). The number of unbranched alkanes of at least 4 members (excludes halogenated alkanes) is 14. The maximum absolute atomic E-state index is 13.1. The molecule has 0 aromatic heterocycles. The molecule has 0 atom stereocenters. The third kappa shape index (κ3) is 25.2. The van der Waals surface area contributed by atoms with E-state index in [0.717, 1.165) is 60.2 Å². The van der Waals surface area contributed by atoms with Gasteiger partial charge in [-0.1, -0.05) is 0 Å². The van der Waals surface area contributed by atoms with Crippen LogP contribution in [-0.4, -0.2) is 31.1 Å². The molecule has 0 aliphatic rings. The van der Waals surface area contributed by atoms with E-state index < -0.39 is 19.2 Å². The topological polar surface area (TPSA) is 52.6 Å². The van der Waals surface area contributed by atoms with E-state index in [0.29, 0.717) is 24.7 Å². The summed E-state index contributed by atoms with van der Waals surface area (Å²) >= 11 is -3.88. The quantitative estimate of drug-likeness (QED) is 0.0620. The zero-order valence-corrected chi connectivity index (χ0v) is 30.1. The average molecular weight is 660 g/mol. The molecular weight excluding hydrogens is 591 g/mol. The van der Waals surface area contributed by atoms with Gasteiger partial charge < -0.3 is 0 Å². The first-order chi connectivity index (χ1) is 18.7. The Morgan fingerprint density at radius 1 is 0.487 bits per heavy atom.